The summed E-state index contributed by atoms with van der Waals surface area (Å²) in [5.74, 6) is 0. The molecule has 2 aromatic heterocycles. The van der Waals surface area contributed by atoms with Crippen molar-refractivity contribution in [2.45, 2.75) is 20.0 Å². The molecular formula is C15H18N6. The molecule has 0 radical (unpaired) electrons. The van der Waals surface area contributed by atoms with E-state index in [1.807, 2.05) is 17.9 Å². The van der Waals surface area contributed by atoms with E-state index in [-0.39, 0.29) is 0 Å². The van der Waals surface area contributed by atoms with Crippen LogP contribution in [0.4, 0.5) is 5.69 Å². The Kier molecular flexibility index (Phi) is 3.68. The Hall–Kier alpha value is -2.63. The van der Waals surface area contributed by atoms with E-state index in [4.69, 9.17) is 0 Å². The summed E-state index contributed by atoms with van der Waals surface area (Å²) in [5.41, 5.74) is 4.69. The summed E-state index contributed by atoms with van der Waals surface area (Å²) in [6, 6.07) is 8.36. The van der Waals surface area contributed by atoms with Crippen LogP contribution in [-0.4, -0.2) is 24.5 Å². The zero-order valence-electron chi connectivity index (χ0n) is 12.2. The lowest BCUT2D eigenvalue weighted by atomic mass is 10.2. The number of rotatable bonds is 5. The van der Waals surface area contributed by atoms with Gasteiger partial charge in [0.15, 0.2) is 0 Å². The Morgan fingerprint density at radius 1 is 1.14 bits per heavy atom. The zero-order chi connectivity index (χ0) is 14.7. The molecule has 3 aromatic rings. The van der Waals surface area contributed by atoms with Crippen LogP contribution in [0.25, 0.3) is 0 Å². The number of hydrogen-bond acceptors (Lipinski definition) is 4. The van der Waals surface area contributed by atoms with Gasteiger partial charge in [-0.15, -0.1) is 0 Å². The van der Waals surface area contributed by atoms with Crippen molar-refractivity contribution < 1.29 is 0 Å². The summed E-state index contributed by atoms with van der Waals surface area (Å²) in [6.45, 7) is 3.59. The van der Waals surface area contributed by atoms with Crippen LogP contribution < -0.4 is 5.32 Å². The van der Waals surface area contributed by atoms with Gasteiger partial charge < -0.3 is 5.32 Å². The van der Waals surface area contributed by atoms with Gasteiger partial charge in [0.1, 0.15) is 12.7 Å². The second kappa shape index (κ2) is 5.78. The summed E-state index contributed by atoms with van der Waals surface area (Å²) >= 11 is 0. The third-order valence-electron chi connectivity index (χ3n) is 3.58. The van der Waals surface area contributed by atoms with Gasteiger partial charge in [-0.05, 0) is 24.6 Å². The summed E-state index contributed by atoms with van der Waals surface area (Å²) in [7, 11) is 1.96. The number of nitrogens with one attached hydrogen (secondary N) is 1. The summed E-state index contributed by atoms with van der Waals surface area (Å²) in [5, 5.41) is 11.8. The Labute approximate surface area is 123 Å². The molecule has 0 fully saturated rings. The molecule has 6 nitrogen and oxygen atoms in total. The van der Waals surface area contributed by atoms with Crippen LogP contribution in [-0.2, 0) is 20.1 Å². The fourth-order valence-corrected chi connectivity index (χ4v) is 2.14. The Bertz CT molecular complexity index is 696. The van der Waals surface area contributed by atoms with Crippen molar-refractivity contribution in [3.8, 4) is 0 Å². The van der Waals surface area contributed by atoms with Crippen molar-refractivity contribution in [3.63, 3.8) is 0 Å². The van der Waals surface area contributed by atoms with Crippen molar-refractivity contribution in [3.05, 3.63) is 59.9 Å². The molecule has 2 heterocycles. The molecule has 3 rings (SSSR count). The summed E-state index contributed by atoms with van der Waals surface area (Å²) in [6.07, 6.45) is 5.17. The number of aryl methyl sites for hydroxylation is 1. The quantitative estimate of drug-likeness (QED) is 0.777. The van der Waals surface area contributed by atoms with Gasteiger partial charge in [0.05, 0.1) is 12.7 Å². The molecule has 0 bridgehead atoms. The van der Waals surface area contributed by atoms with Gasteiger partial charge in [0, 0.05) is 30.5 Å². The first-order valence-corrected chi connectivity index (χ1v) is 6.85. The van der Waals surface area contributed by atoms with E-state index in [1.165, 1.54) is 16.8 Å². The second-order valence-corrected chi connectivity index (χ2v) is 5.02. The van der Waals surface area contributed by atoms with Crippen LogP contribution >= 0.6 is 0 Å². The average Bonchev–Trinajstić information content (AvgIpc) is 3.11. The average molecular weight is 282 g/mol. The van der Waals surface area contributed by atoms with Crippen molar-refractivity contribution in [1.29, 1.82) is 0 Å². The summed E-state index contributed by atoms with van der Waals surface area (Å²) in [4.78, 5) is 3.94. The van der Waals surface area contributed by atoms with Gasteiger partial charge >= 0.3 is 0 Å². The molecule has 0 aliphatic heterocycles. The molecule has 0 aliphatic carbocycles. The molecule has 0 saturated carbocycles. The van der Waals surface area contributed by atoms with Crippen LogP contribution in [0.15, 0.2) is 43.1 Å². The Morgan fingerprint density at radius 2 is 1.95 bits per heavy atom. The van der Waals surface area contributed by atoms with Gasteiger partial charge in [-0.3, -0.25) is 4.68 Å². The Morgan fingerprint density at radius 3 is 2.57 bits per heavy atom. The predicted octanol–water partition coefficient (Wildman–Crippen LogP) is 1.98. The topological polar surface area (TPSA) is 60.6 Å². The van der Waals surface area contributed by atoms with Crippen LogP contribution in [0.5, 0.6) is 0 Å². The van der Waals surface area contributed by atoms with E-state index in [1.54, 1.807) is 17.3 Å². The fourth-order valence-electron chi connectivity index (χ4n) is 2.14. The van der Waals surface area contributed by atoms with E-state index in [0.717, 1.165) is 18.8 Å². The molecule has 1 aromatic carbocycles. The minimum atomic E-state index is 0.738. The van der Waals surface area contributed by atoms with Gasteiger partial charge in [0.25, 0.3) is 0 Å². The van der Waals surface area contributed by atoms with E-state index in [2.05, 4.69) is 51.7 Å². The van der Waals surface area contributed by atoms with E-state index < -0.39 is 0 Å². The third-order valence-corrected chi connectivity index (χ3v) is 3.58. The molecule has 0 saturated heterocycles. The first-order chi connectivity index (χ1) is 10.2. The van der Waals surface area contributed by atoms with Crippen molar-refractivity contribution in [2.24, 2.45) is 7.05 Å². The standard InChI is InChI=1S/C15H18N6/c1-12-14(8-18-20(12)2)7-17-15-5-3-13(4-6-15)9-21-11-16-10-19-21/h3-6,8,10-11,17H,7,9H2,1-2H3. The number of nitrogens with zero attached hydrogens (tertiary/aromatic N) is 5. The van der Waals surface area contributed by atoms with Crippen LogP contribution in [0.2, 0.25) is 0 Å². The number of aromatic nitrogens is 5. The van der Waals surface area contributed by atoms with Crippen molar-refractivity contribution in [2.75, 3.05) is 5.32 Å². The molecule has 108 valence electrons. The molecule has 1 N–H and O–H groups in total. The third kappa shape index (κ3) is 3.10. The number of benzene rings is 1. The smallest absolute Gasteiger partial charge is 0.137 e. The lowest BCUT2D eigenvalue weighted by Crippen LogP contribution is -2.02. The maximum absolute atomic E-state index is 4.25. The molecular weight excluding hydrogens is 264 g/mol. The molecule has 0 atom stereocenters. The minimum Gasteiger partial charge on any atom is -0.381 e. The highest BCUT2D eigenvalue weighted by atomic mass is 15.3. The number of anilines is 1. The fraction of sp³-hybridized carbons (Fsp3) is 0.267. The van der Waals surface area contributed by atoms with Crippen LogP contribution in [0.1, 0.15) is 16.8 Å². The normalized spacial score (nSPS) is 10.8. The molecule has 0 unspecified atom stereocenters. The highest BCUT2D eigenvalue weighted by Gasteiger charge is 2.03. The van der Waals surface area contributed by atoms with Crippen LogP contribution in [0.3, 0.4) is 0 Å². The summed E-state index contributed by atoms with van der Waals surface area (Å²) < 4.78 is 3.69. The SMILES string of the molecule is Cc1c(CNc2ccc(Cn3cncn3)cc2)cnn1C. The van der Waals surface area contributed by atoms with Crippen molar-refractivity contribution >= 4 is 5.69 Å². The van der Waals surface area contributed by atoms with Gasteiger partial charge in [-0.1, -0.05) is 12.1 Å². The second-order valence-electron chi connectivity index (χ2n) is 5.02. The Balaban J connectivity index is 1.60. The molecule has 0 aliphatic rings. The molecule has 0 amide bonds. The lowest BCUT2D eigenvalue weighted by molar-refractivity contribution is 0.685. The van der Waals surface area contributed by atoms with Gasteiger partial charge in [-0.25, -0.2) is 9.67 Å². The lowest BCUT2D eigenvalue weighted by Gasteiger charge is -2.07. The van der Waals surface area contributed by atoms with Gasteiger partial charge in [-0.2, -0.15) is 10.2 Å². The zero-order valence-corrected chi connectivity index (χ0v) is 12.2. The predicted molar refractivity (Wildman–Crippen MR) is 80.8 cm³/mol. The largest absolute Gasteiger partial charge is 0.381 e. The van der Waals surface area contributed by atoms with Crippen molar-refractivity contribution in [1.82, 2.24) is 24.5 Å². The molecule has 21 heavy (non-hydrogen) atoms. The first kappa shape index (κ1) is 13.4. The molecule has 6 heteroatoms. The van der Waals surface area contributed by atoms with E-state index in [0.29, 0.717) is 0 Å². The number of hydrogen-bond donors (Lipinski definition) is 1. The monoisotopic (exact) mass is 282 g/mol. The van der Waals surface area contributed by atoms with Crippen LogP contribution in [0, 0.1) is 6.92 Å². The minimum absolute atomic E-state index is 0.738. The maximum atomic E-state index is 4.25. The first-order valence-electron chi connectivity index (χ1n) is 6.85. The van der Waals surface area contributed by atoms with Gasteiger partial charge in [0.2, 0.25) is 0 Å². The van der Waals surface area contributed by atoms with E-state index in [9.17, 15) is 0 Å². The highest BCUT2D eigenvalue weighted by Crippen LogP contribution is 2.13. The molecule has 0 spiro atoms. The highest BCUT2D eigenvalue weighted by molar-refractivity contribution is 5.45. The van der Waals surface area contributed by atoms with E-state index >= 15 is 0 Å². The maximum Gasteiger partial charge on any atom is 0.137 e.